The van der Waals surface area contributed by atoms with E-state index in [1.165, 1.54) is 0 Å². The van der Waals surface area contributed by atoms with Crippen molar-refractivity contribution in [3.8, 4) is 11.3 Å². The van der Waals surface area contributed by atoms with Crippen LogP contribution in [0.25, 0.3) is 16.2 Å². The topological polar surface area (TPSA) is 56.1 Å². The molecule has 2 aromatic heterocycles. The minimum Gasteiger partial charge on any atom is -0.347 e. The molecule has 2 aliphatic rings. The molecule has 6 nitrogen and oxygen atoms in total. The first-order valence-corrected chi connectivity index (χ1v) is 10.6. The van der Waals surface area contributed by atoms with Gasteiger partial charge in [0.2, 0.25) is 5.91 Å². The molecule has 5 rings (SSSR count). The van der Waals surface area contributed by atoms with E-state index in [-0.39, 0.29) is 5.91 Å². The van der Waals surface area contributed by atoms with Crippen molar-refractivity contribution in [3.05, 3.63) is 46.6 Å². The lowest BCUT2D eigenvalue weighted by atomic mass is 10.0. The SMILES string of the molecule is O=C(Cc1csc2nc(-c3ccc(Cl)cc3)cn12)N1CCC2(CC1)OCCO2. The lowest BCUT2D eigenvalue weighted by Crippen LogP contribution is -2.47. The zero-order valence-corrected chi connectivity index (χ0v) is 16.8. The maximum Gasteiger partial charge on any atom is 0.228 e. The van der Waals surface area contributed by atoms with E-state index in [1.807, 2.05) is 45.1 Å². The number of carbonyl (C=O) groups excluding carboxylic acids is 1. The molecule has 1 aromatic carbocycles. The second-order valence-electron chi connectivity index (χ2n) is 7.18. The average molecular weight is 418 g/mol. The molecule has 0 radical (unpaired) electrons. The Balaban J connectivity index is 1.30. The first-order valence-electron chi connectivity index (χ1n) is 9.39. The molecule has 2 fully saturated rings. The quantitative estimate of drug-likeness (QED) is 0.653. The van der Waals surface area contributed by atoms with E-state index in [0.717, 1.165) is 34.8 Å². The molecule has 0 saturated carbocycles. The highest BCUT2D eigenvalue weighted by atomic mass is 35.5. The minimum absolute atomic E-state index is 0.134. The molecule has 0 bridgehead atoms. The molecule has 0 atom stereocenters. The lowest BCUT2D eigenvalue weighted by molar-refractivity contribution is -0.187. The number of thiazole rings is 1. The molecular formula is C20H20ClN3O3S. The van der Waals surface area contributed by atoms with Gasteiger partial charge in [-0.25, -0.2) is 4.98 Å². The van der Waals surface area contributed by atoms with Gasteiger partial charge in [0.05, 0.1) is 25.3 Å². The van der Waals surface area contributed by atoms with Crippen LogP contribution in [0.5, 0.6) is 0 Å². The fraction of sp³-hybridized carbons (Fsp3) is 0.400. The van der Waals surface area contributed by atoms with E-state index in [0.29, 0.717) is 37.7 Å². The highest BCUT2D eigenvalue weighted by Gasteiger charge is 2.40. The van der Waals surface area contributed by atoms with Gasteiger partial charge in [-0.2, -0.15) is 0 Å². The third-order valence-electron chi connectivity index (χ3n) is 5.45. The van der Waals surface area contributed by atoms with Gasteiger partial charge in [0, 0.05) is 53.8 Å². The first-order chi connectivity index (χ1) is 13.6. The summed E-state index contributed by atoms with van der Waals surface area (Å²) < 4.78 is 13.5. The number of halogens is 1. The van der Waals surface area contributed by atoms with Gasteiger partial charge in [-0.1, -0.05) is 23.7 Å². The number of ether oxygens (including phenoxy) is 2. The Kier molecular flexibility index (Phi) is 4.63. The number of hydrogen-bond acceptors (Lipinski definition) is 5. The predicted octanol–water partition coefficient (Wildman–Crippen LogP) is 3.62. The van der Waals surface area contributed by atoms with Crippen molar-refractivity contribution < 1.29 is 14.3 Å². The number of carbonyl (C=O) groups is 1. The van der Waals surface area contributed by atoms with Crippen molar-refractivity contribution in [2.45, 2.75) is 25.0 Å². The van der Waals surface area contributed by atoms with E-state index in [4.69, 9.17) is 21.1 Å². The van der Waals surface area contributed by atoms with E-state index in [1.54, 1.807) is 11.3 Å². The van der Waals surface area contributed by atoms with Gasteiger partial charge >= 0.3 is 0 Å². The summed E-state index contributed by atoms with van der Waals surface area (Å²) >= 11 is 7.52. The van der Waals surface area contributed by atoms with Gasteiger partial charge in [-0.15, -0.1) is 11.3 Å². The number of amides is 1. The van der Waals surface area contributed by atoms with Gasteiger partial charge in [0.1, 0.15) is 0 Å². The highest BCUT2D eigenvalue weighted by molar-refractivity contribution is 7.15. The summed E-state index contributed by atoms with van der Waals surface area (Å²) in [5, 5.41) is 2.72. The molecule has 4 heterocycles. The van der Waals surface area contributed by atoms with E-state index in [9.17, 15) is 4.79 Å². The summed E-state index contributed by atoms with van der Waals surface area (Å²) in [6.07, 6.45) is 3.83. The van der Waals surface area contributed by atoms with E-state index < -0.39 is 5.79 Å². The number of piperidine rings is 1. The number of likely N-dealkylation sites (tertiary alicyclic amines) is 1. The zero-order chi connectivity index (χ0) is 19.1. The number of imidazole rings is 1. The van der Waals surface area contributed by atoms with Crippen molar-refractivity contribution >= 4 is 33.8 Å². The standard InChI is InChI=1S/C20H20ClN3O3S/c21-15-3-1-14(2-4-15)17-12-24-16(13-28-19(24)22-17)11-18(25)23-7-5-20(6-8-23)26-9-10-27-20/h1-4,12-13H,5-11H2. The van der Waals surface area contributed by atoms with E-state index >= 15 is 0 Å². The molecule has 2 saturated heterocycles. The van der Waals surface area contributed by atoms with Crippen LogP contribution in [0.2, 0.25) is 5.02 Å². The van der Waals surface area contributed by atoms with Crippen molar-refractivity contribution in [3.63, 3.8) is 0 Å². The van der Waals surface area contributed by atoms with Gasteiger partial charge in [0.15, 0.2) is 10.7 Å². The fourth-order valence-electron chi connectivity index (χ4n) is 3.87. The summed E-state index contributed by atoms with van der Waals surface area (Å²) in [7, 11) is 0. The van der Waals surface area contributed by atoms with E-state index in [2.05, 4.69) is 4.98 Å². The number of rotatable bonds is 3. The number of fused-ring (bicyclic) bond motifs is 1. The summed E-state index contributed by atoms with van der Waals surface area (Å²) in [5.74, 6) is -0.321. The Morgan fingerprint density at radius 1 is 1.18 bits per heavy atom. The third kappa shape index (κ3) is 3.33. The maximum absolute atomic E-state index is 12.8. The van der Waals surface area contributed by atoms with Crippen LogP contribution in [0.3, 0.4) is 0 Å². The van der Waals surface area contributed by atoms with Crippen LogP contribution in [0.1, 0.15) is 18.5 Å². The normalized spacial score (nSPS) is 19.0. The van der Waals surface area contributed by atoms with Crippen molar-refractivity contribution in [2.24, 2.45) is 0 Å². The molecule has 1 spiro atoms. The zero-order valence-electron chi connectivity index (χ0n) is 15.3. The molecule has 2 aliphatic heterocycles. The van der Waals surface area contributed by atoms with Crippen LogP contribution in [-0.4, -0.2) is 52.3 Å². The fourth-order valence-corrected chi connectivity index (χ4v) is 4.86. The molecule has 1 amide bonds. The van der Waals surface area contributed by atoms with Crippen LogP contribution in [0.15, 0.2) is 35.8 Å². The molecule has 8 heteroatoms. The smallest absolute Gasteiger partial charge is 0.228 e. The minimum atomic E-state index is -0.454. The molecule has 0 N–H and O–H groups in total. The van der Waals surface area contributed by atoms with Crippen molar-refractivity contribution in [1.82, 2.24) is 14.3 Å². The van der Waals surface area contributed by atoms with Gasteiger partial charge in [-0.05, 0) is 12.1 Å². The van der Waals surface area contributed by atoms with Crippen LogP contribution in [0, 0.1) is 0 Å². The van der Waals surface area contributed by atoms with Crippen molar-refractivity contribution in [1.29, 1.82) is 0 Å². The molecule has 146 valence electrons. The van der Waals surface area contributed by atoms with Gasteiger partial charge in [0.25, 0.3) is 0 Å². The molecular weight excluding hydrogens is 398 g/mol. The monoisotopic (exact) mass is 417 g/mol. The second-order valence-corrected chi connectivity index (χ2v) is 8.45. The third-order valence-corrected chi connectivity index (χ3v) is 6.59. The van der Waals surface area contributed by atoms with Crippen molar-refractivity contribution in [2.75, 3.05) is 26.3 Å². The molecule has 0 unspecified atom stereocenters. The van der Waals surface area contributed by atoms with Gasteiger partial charge in [-0.3, -0.25) is 9.20 Å². The Bertz CT molecular complexity index is 998. The van der Waals surface area contributed by atoms with Gasteiger partial charge < -0.3 is 14.4 Å². The average Bonchev–Trinajstić information content (AvgIpc) is 3.41. The number of aromatic nitrogens is 2. The predicted molar refractivity (Wildman–Crippen MR) is 108 cm³/mol. The van der Waals surface area contributed by atoms with Crippen LogP contribution < -0.4 is 0 Å². The Morgan fingerprint density at radius 2 is 1.89 bits per heavy atom. The summed E-state index contributed by atoms with van der Waals surface area (Å²) in [5.41, 5.74) is 2.86. The number of nitrogens with zero attached hydrogens (tertiary/aromatic N) is 3. The Morgan fingerprint density at radius 3 is 2.61 bits per heavy atom. The van der Waals surface area contributed by atoms with Crippen LogP contribution >= 0.6 is 22.9 Å². The summed E-state index contributed by atoms with van der Waals surface area (Å²) in [4.78, 5) is 20.3. The largest absolute Gasteiger partial charge is 0.347 e. The number of benzene rings is 1. The molecule has 28 heavy (non-hydrogen) atoms. The lowest BCUT2D eigenvalue weighted by Gasteiger charge is -2.37. The second kappa shape index (κ2) is 7.15. The summed E-state index contributed by atoms with van der Waals surface area (Å²) in [6, 6.07) is 7.62. The Labute approximate surface area is 171 Å². The van der Waals surface area contributed by atoms with Crippen LogP contribution in [-0.2, 0) is 20.7 Å². The maximum atomic E-state index is 12.8. The summed E-state index contributed by atoms with van der Waals surface area (Å²) in [6.45, 7) is 2.65. The highest BCUT2D eigenvalue weighted by Crippen LogP contribution is 2.31. The first kappa shape index (κ1) is 18.1. The molecule has 0 aliphatic carbocycles. The van der Waals surface area contributed by atoms with Crippen LogP contribution in [0.4, 0.5) is 0 Å². The number of hydrogen-bond donors (Lipinski definition) is 0. The molecule has 3 aromatic rings. The Hall–Kier alpha value is -1.93.